The SMILES string of the molecule is CCCn1c(=NC(=O)/C=C/c2cccc([N+](=O)[O-])c2)sc2cc(F)ccc21. The molecule has 138 valence electrons. The predicted molar refractivity (Wildman–Crippen MR) is 103 cm³/mol. The van der Waals surface area contributed by atoms with Crippen molar-refractivity contribution in [3.63, 3.8) is 0 Å². The molecule has 8 heteroatoms. The molecule has 0 unspecified atom stereocenters. The highest BCUT2D eigenvalue weighted by Crippen LogP contribution is 2.19. The number of nitro benzene ring substituents is 1. The largest absolute Gasteiger partial charge is 0.316 e. The summed E-state index contributed by atoms with van der Waals surface area (Å²) in [6.45, 7) is 2.67. The fourth-order valence-corrected chi connectivity index (χ4v) is 3.70. The lowest BCUT2D eigenvalue weighted by molar-refractivity contribution is -0.384. The maximum atomic E-state index is 13.5. The van der Waals surface area contributed by atoms with Crippen molar-refractivity contribution in [2.45, 2.75) is 19.9 Å². The Morgan fingerprint density at radius 3 is 2.89 bits per heavy atom. The van der Waals surface area contributed by atoms with E-state index in [0.29, 0.717) is 16.9 Å². The summed E-state index contributed by atoms with van der Waals surface area (Å²) < 4.78 is 16.1. The van der Waals surface area contributed by atoms with Crippen LogP contribution in [0.3, 0.4) is 0 Å². The Labute approximate surface area is 158 Å². The van der Waals surface area contributed by atoms with Crippen molar-refractivity contribution < 1.29 is 14.1 Å². The molecule has 0 saturated carbocycles. The zero-order valence-electron chi connectivity index (χ0n) is 14.5. The van der Waals surface area contributed by atoms with Gasteiger partial charge in [-0.2, -0.15) is 4.99 Å². The van der Waals surface area contributed by atoms with Crippen molar-refractivity contribution in [2.75, 3.05) is 0 Å². The molecule has 0 N–H and O–H groups in total. The quantitative estimate of drug-likeness (QED) is 0.373. The van der Waals surface area contributed by atoms with E-state index in [1.807, 2.05) is 11.5 Å². The van der Waals surface area contributed by atoms with E-state index in [1.165, 1.54) is 47.8 Å². The zero-order chi connectivity index (χ0) is 19.4. The topological polar surface area (TPSA) is 77.5 Å². The highest BCUT2D eigenvalue weighted by atomic mass is 32.1. The summed E-state index contributed by atoms with van der Waals surface area (Å²) in [4.78, 5) is 27.2. The first kappa shape index (κ1) is 18.7. The van der Waals surface area contributed by atoms with E-state index in [4.69, 9.17) is 0 Å². The Kier molecular flexibility index (Phi) is 5.56. The molecule has 0 aliphatic rings. The lowest BCUT2D eigenvalue weighted by Crippen LogP contribution is -2.16. The van der Waals surface area contributed by atoms with Gasteiger partial charge in [0.2, 0.25) is 0 Å². The average Bonchev–Trinajstić information content (AvgIpc) is 2.97. The minimum atomic E-state index is -0.493. The van der Waals surface area contributed by atoms with Gasteiger partial charge >= 0.3 is 0 Å². The number of hydrogen-bond acceptors (Lipinski definition) is 4. The van der Waals surface area contributed by atoms with Crippen LogP contribution in [0, 0.1) is 15.9 Å². The van der Waals surface area contributed by atoms with E-state index in [9.17, 15) is 19.3 Å². The molecule has 0 radical (unpaired) electrons. The monoisotopic (exact) mass is 385 g/mol. The number of nitro groups is 1. The molecule has 3 rings (SSSR count). The predicted octanol–water partition coefficient (Wildman–Crippen LogP) is 4.30. The molecule has 1 heterocycles. The van der Waals surface area contributed by atoms with Gasteiger partial charge in [-0.15, -0.1) is 0 Å². The second-order valence-electron chi connectivity index (χ2n) is 5.78. The van der Waals surface area contributed by atoms with Crippen LogP contribution in [0.5, 0.6) is 0 Å². The number of carbonyl (C=O) groups is 1. The maximum absolute atomic E-state index is 13.5. The van der Waals surface area contributed by atoms with Gasteiger partial charge in [-0.05, 0) is 36.3 Å². The number of nitrogens with zero attached hydrogens (tertiary/aromatic N) is 3. The van der Waals surface area contributed by atoms with Crippen LogP contribution in [0.2, 0.25) is 0 Å². The molecular formula is C19H16FN3O3S. The van der Waals surface area contributed by atoms with Gasteiger partial charge in [0.1, 0.15) is 5.82 Å². The van der Waals surface area contributed by atoms with Gasteiger partial charge in [-0.1, -0.05) is 30.4 Å². The smallest absolute Gasteiger partial charge is 0.272 e. The molecule has 0 atom stereocenters. The number of hydrogen-bond donors (Lipinski definition) is 0. The third-order valence-corrected chi connectivity index (χ3v) is 4.84. The second kappa shape index (κ2) is 8.05. The fraction of sp³-hybridized carbons (Fsp3) is 0.158. The number of aromatic nitrogens is 1. The Morgan fingerprint density at radius 1 is 1.33 bits per heavy atom. The summed E-state index contributed by atoms with van der Waals surface area (Å²) in [6.07, 6.45) is 3.59. The van der Waals surface area contributed by atoms with Crippen LogP contribution in [0.4, 0.5) is 10.1 Å². The van der Waals surface area contributed by atoms with E-state index in [0.717, 1.165) is 16.6 Å². The first-order valence-electron chi connectivity index (χ1n) is 8.28. The summed E-state index contributed by atoms with van der Waals surface area (Å²) in [6, 6.07) is 10.5. The lowest BCUT2D eigenvalue weighted by Gasteiger charge is -2.01. The van der Waals surface area contributed by atoms with Crippen molar-refractivity contribution in [1.82, 2.24) is 4.57 Å². The third-order valence-electron chi connectivity index (χ3n) is 3.80. The van der Waals surface area contributed by atoms with Gasteiger partial charge in [0.05, 0.1) is 15.1 Å². The first-order chi connectivity index (χ1) is 13.0. The Balaban J connectivity index is 1.94. The number of benzene rings is 2. The van der Waals surface area contributed by atoms with Crippen LogP contribution in [0.25, 0.3) is 16.3 Å². The molecule has 0 saturated heterocycles. The van der Waals surface area contributed by atoms with E-state index in [-0.39, 0.29) is 11.5 Å². The van der Waals surface area contributed by atoms with Crippen molar-refractivity contribution in [1.29, 1.82) is 0 Å². The third kappa shape index (κ3) is 4.35. The standard InChI is InChI=1S/C19H16FN3O3S/c1-2-10-22-16-8-7-14(20)12-17(16)27-19(22)21-18(24)9-6-13-4-3-5-15(11-13)23(25)26/h3-9,11-12H,2,10H2,1H3/b9-6+,21-19?. The Hall–Kier alpha value is -3.13. The van der Waals surface area contributed by atoms with E-state index >= 15 is 0 Å². The summed E-state index contributed by atoms with van der Waals surface area (Å²) in [5, 5.41) is 10.8. The highest BCUT2D eigenvalue weighted by molar-refractivity contribution is 7.16. The molecule has 0 aliphatic carbocycles. The molecule has 2 aromatic carbocycles. The number of carbonyl (C=O) groups excluding carboxylic acids is 1. The minimum Gasteiger partial charge on any atom is -0.316 e. The van der Waals surface area contributed by atoms with Crippen molar-refractivity contribution in [3.05, 3.63) is 74.8 Å². The normalized spacial score (nSPS) is 12.1. The van der Waals surface area contributed by atoms with E-state index < -0.39 is 10.8 Å². The molecule has 1 aromatic heterocycles. The molecular weight excluding hydrogens is 369 g/mol. The molecule has 6 nitrogen and oxygen atoms in total. The number of non-ortho nitro benzene ring substituents is 1. The van der Waals surface area contributed by atoms with Crippen molar-refractivity contribution >= 4 is 39.2 Å². The molecule has 27 heavy (non-hydrogen) atoms. The van der Waals surface area contributed by atoms with E-state index in [2.05, 4.69) is 4.99 Å². The zero-order valence-corrected chi connectivity index (χ0v) is 15.3. The number of fused-ring (bicyclic) bond motifs is 1. The Bertz CT molecular complexity index is 1110. The number of thiazole rings is 1. The number of rotatable bonds is 5. The van der Waals surface area contributed by atoms with Gasteiger partial charge in [0.25, 0.3) is 11.6 Å². The van der Waals surface area contributed by atoms with Gasteiger partial charge in [0.15, 0.2) is 4.80 Å². The van der Waals surface area contributed by atoms with Crippen LogP contribution in [0.15, 0.2) is 53.5 Å². The number of halogens is 1. The number of amides is 1. The molecule has 0 bridgehead atoms. The fourth-order valence-electron chi connectivity index (χ4n) is 2.61. The molecule has 0 spiro atoms. The second-order valence-corrected chi connectivity index (χ2v) is 6.79. The summed E-state index contributed by atoms with van der Waals surface area (Å²) in [5.74, 6) is -0.825. The van der Waals surface area contributed by atoms with Crippen LogP contribution in [-0.4, -0.2) is 15.4 Å². The van der Waals surface area contributed by atoms with Crippen LogP contribution >= 0.6 is 11.3 Å². The number of aryl methyl sites for hydroxylation is 1. The molecule has 0 aliphatic heterocycles. The van der Waals surface area contributed by atoms with Gasteiger partial charge in [0, 0.05) is 24.8 Å². The van der Waals surface area contributed by atoms with Crippen LogP contribution < -0.4 is 4.80 Å². The van der Waals surface area contributed by atoms with Crippen LogP contribution in [0.1, 0.15) is 18.9 Å². The minimum absolute atomic E-state index is 0.0474. The van der Waals surface area contributed by atoms with Gasteiger partial charge in [-0.3, -0.25) is 14.9 Å². The lowest BCUT2D eigenvalue weighted by atomic mass is 10.2. The summed E-state index contributed by atoms with van der Waals surface area (Å²) in [7, 11) is 0. The summed E-state index contributed by atoms with van der Waals surface area (Å²) >= 11 is 1.25. The van der Waals surface area contributed by atoms with Crippen LogP contribution in [-0.2, 0) is 11.3 Å². The maximum Gasteiger partial charge on any atom is 0.272 e. The molecule has 1 amide bonds. The van der Waals surface area contributed by atoms with E-state index in [1.54, 1.807) is 18.2 Å². The average molecular weight is 385 g/mol. The van der Waals surface area contributed by atoms with Gasteiger partial charge in [-0.25, -0.2) is 4.39 Å². The van der Waals surface area contributed by atoms with Crippen molar-refractivity contribution in [2.24, 2.45) is 4.99 Å². The van der Waals surface area contributed by atoms with Crippen molar-refractivity contribution in [3.8, 4) is 0 Å². The Morgan fingerprint density at radius 2 is 2.15 bits per heavy atom. The molecule has 3 aromatic rings. The van der Waals surface area contributed by atoms with Gasteiger partial charge < -0.3 is 4.57 Å². The summed E-state index contributed by atoms with van der Waals surface area (Å²) in [5.41, 5.74) is 1.32. The first-order valence-corrected chi connectivity index (χ1v) is 9.09. The highest BCUT2D eigenvalue weighted by Gasteiger charge is 2.08. The molecule has 0 fully saturated rings.